The minimum atomic E-state index is -0.849. The minimum Gasteiger partial charge on any atom is -0.450 e. The molecule has 0 spiro atoms. The van der Waals surface area contributed by atoms with Gasteiger partial charge < -0.3 is 9.73 Å². The fourth-order valence-corrected chi connectivity index (χ4v) is 3.18. The summed E-state index contributed by atoms with van der Waals surface area (Å²) in [7, 11) is 0. The average Bonchev–Trinajstić information content (AvgIpc) is 2.86. The van der Waals surface area contributed by atoms with Gasteiger partial charge in [-0.3, -0.25) is 9.59 Å². The van der Waals surface area contributed by atoms with Crippen molar-refractivity contribution in [1.29, 1.82) is 0 Å². The van der Waals surface area contributed by atoms with Crippen molar-refractivity contribution in [3.8, 4) is 0 Å². The van der Waals surface area contributed by atoms with Gasteiger partial charge in [-0.1, -0.05) is 34.1 Å². The zero-order valence-electron chi connectivity index (χ0n) is 11.6. The van der Waals surface area contributed by atoms with E-state index in [1.165, 1.54) is 6.07 Å². The maximum Gasteiger partial charge on any atom is 0.288 e. The van der Waals surface area contributed by atoms with E-state index in [9.17, 15) is 14.0 Å². The van der Waals surface area contributed by atoms with E-state index in [1.54, 1.807) is 36.4 Å². The molecule has 1 aliphatic heterocycles. The highest BCUT2D eigenvalue weighted by atomic mass is 79.9. The van der Waals surface area contributed by atoms with Gasteiger partial charge in [0.2, 0.25) is 5.76 Å². The third-order valence-corrected chi connectivity index (χ3v) is 4.37. The van der Waals surface area contributed by atoms with E-state index in [2.05, 4.69) is 21.2 Å². The number of carbonyl (C=O) groups excluding carboxylic acids is 1. The number of amides is 1. The van der Waals surface area contributed by atoms with Gasteiger partial charge in [-0.05, 0) is 24.3 Å². The van der Waals surface area contributed by atoms with Crippen LogP contribution in [0.3, 0.4) is 0 Å². The molecule has 23 heavy (non-hydrogen) atoms. The van der Waals surface area contributed by atoms with Crippen LogP contribution in [0.25, 0.3) is 11.0 Å². The predicted molar refractivity (Wildman–Crippen MR) is 85.9 cm³/mol. The molecule has 1 amide bonds. The topological polar surface area (TPSA) is 59.3 Å². The Balaban J connectivity index is 2.04. The molecule has 4 nitrogen and oxygen atoms in total. The second-order valence-corrected chi connectivity index (χ2v) is 6.16. The maximum atomic E-state index is 14.1. The van der Waals surface area contributed by atoms with Gasteiger partial charge in [0.15, 0.2) is 5.43 Å². The van der Waals surface area contributed by atoms with E-state index in [1.807, 2.05) is 0 Å². The van der Waals surface area contributed by atoms with Gasteiger partial charge in [0.25, 0.3) is 5.91 Å². The van der Waals surface area contributed by atoms with Crippen molar-refractivity contribution in [2.75, 3.05) is 0 Å². The number of hydrogen-bond donors (Lipinski definition) is 1. The largest absolute Gasteiger partial charge is 0.450 e. The lowest BCUT2D eigenvalue weighted by Gasteiger charge is -2.12. The van der Waals surface area contributed by atoms with E-state index in [4.69, 9.17) is 4.42 Å². The van der Waals surface area contributed by atoms with Crippen LogP contribution in [0.5, 0.6) is 0 Å². The van der Waals surface area contributed by atoms with E-state index < -0.39 is 17.8 Å². The lowest BCUT2D eigenvalue weighted by Crippen LogP contribution is -2.22. The fourth-order valence-electron chi connectivity index (χ4n) is 2.82. The zero-order chi connectivity index (χ0) is 16.1. The van der Waals surface area contributed by atoms with Crippen molar-refractivity contribution in [3.05, 3.63) is 79.9 Å². The molecule has 2 heterocycles. The summed E-state index contributed by atoms with van der Waals surface area (Å²) in [6, 6.07) is 10.2. The fraction of sp³-hybridized carbons (Fsp3) is 0.0588. The number of nitrogens with one attached hydrogen (secondary N) is 1. The minimum absolute atomic E-state index is 0.0573. The zero-order valence-corrected chi connectivity index (χ0v) is 13.2. The third kappa shape index (κ3) is 2.09. The molecule has 4 rings (SSSR count). The SMILES string of the molecule is O=C1NC(c2ccccc2F)c2c1oc1ccc(Br)cc1c2=O. The summed E-state index contributed by atoms with van der Waals surface area (Å²) < 4.78 is 20.4. The molecule has 1 aliphatic rings. The molecule has 0 aliphatic carbocycles. The lowest BCUT2D eigenvalue weighted by molar-refractivity contribution is 0.0937. The van der Waals surface area contributed by atoms with Gasteiger partial charge in [0, 0.05) is 10.0 Å². The van der Waals surface area contributed by atoms with Gasteiger partial charge >= 0.3 is 0 Å². The van der Waals surface area contributed by atoms with Crippen LogP contribution in [0.1, 0.15) is 27.7 Å². The van der Waals surface area contributed by atoms with Crippen molar-refractivity contribution in [2.45, 2.75) is 6.04 Å². The smallest absolute Gasteiger partial charge is 0.288 e. The molecule has 1 N–H and O–H groups in total. The van der Waals surface area contributed by atoms with Crippen LogP contribution in [-0.2, 0) is 0 Å². The Morgan fingerprint density at radius 2 is 1.91 bits per heavy atom. The van der Waals surface area contributed by atoms with E-state index in [0.29, 0.717) is 11.0 Å². The third-order valence-electron chi connectivity index (χ3n) is 3.87. The Labute approximate surface area is 138 Å². The molecule has 0 fully saturated rings. The number of fused-ring (bicyclic) bond motifs is 2. The molecule has 0 radical (unpaired) electrons. The second-order valence-electron chi connectivity index (χ2n) is 5.24. The first-order valence-electron chi connectivity index (χ1n) is 6.88. The highest BCUT2D eigenvalue weighted by Crippen LogP contribution is 2.32. The van der Waals surface area contributed by atoms with Crippen LogP contribution in [0.15, 0.2) is 56.1 Å². The number of carbonyl (C=O) groups is 1. The van der Waals surface area contributed by atoms with Crippen molar-refractivity contribution in [3.63, 3.8) is 0 Å². The first-order chi connectivity index (χ1) is 11.1. The van der Waals surface area contributed by atoms with Crippen molar-refractivity contribution < 1.29 is 13.6 Å². The molecule has 1 aromatic heterocycles. The summed E-state index contributed by atoms with van der Waals surface area (Å²) >= 11 is 3.31. The summed E-state index contributed by atoms with van der Waals surface area (Å²) in [5.74, 6) is -1.06. The van der Waals surface area contributed by atoms with Crippen LogP contribution < -0.4 is 10.7 Å². The summed E-state index contributed by atoms with van der Waals surface area (Å²) in [6.45, 7) is 0. The van der Waals surface area contributed by atoms with E-state index >= 15 is 0 Å². The first-order valence-corrected chi connectivity index (χ1v) is 7.67. The summed E-state index contributed by atoms with van der Waals surface area (Å²) in [4.78, 5) is 25.0. The number of rotatable bonds is 1. The predicted octanol–water partition coefficient (Wildman–Crippen LogP) is 3.53. The van der Waals surface area contributed by atoms with Crippen molar-refractivity contribution in [1.82, 2.24) is 5.32 Å². The molecule has 1 atom stereocenters. The van der Waals surface area contributed by atoms with Crippen LogP contribution in [0.4, 0.5) is 4.39 Å². The highest BCUT2D eigenvalue weighted by Gasteiger charge is 2.37. The average molecular weight is 374 g/mol. The normalized spacial score (nSPS) is 16.4. The molecule has 2 aromatic carbocycles. The van der Waals surface area contributed by atoms with Crippen LogP contribution in [-0.4, -0.2) is 5.91 Å². The molecule has 0 saturated carbocycles. The monoisotopic (exact) mass is 373 g/mol. The Morgan fingerprint density at radius 1 is 1.13 bits per heavy atom. The molecule has 114 valence electrons. The van der Waals surface area contributed by atoms with Gasteiger partial charge in [0.1, 0.15) is 11.4 Å². The van der Waals surface area contributed by atoms with Crippen LogP contribution in [0, 0.1) is 5.82 Å². The quantitative estimate of drug-likeness (QED) is 0.709. The number of hydrogen-bond acceptors (Lipinski definition) is 3. The highest BCUT2D eigenvalue weighted by molar-refractivity contribution is 9.10. The molecule has 1 unspecified atom stereocenters. The van der Waals surface area contributed by atoms with Gasteiger partial charge in [-0.25, -0.2) is 4.39 Å². The molecule has 0 saturated heterocycles. The lowest BCUT2D eigenvalue weighted by atomic mass is 9.99. The first kappa shape index (κ1) is 14.1. The number of halogens is 2. The molecule has 6 heteroatoms. The second kappa shape index (κ2) is 5.03. The molecule has 0 bridgehead atoms. The Morgan fingerprint density at radius 3 is 2.70 bits per heavy atom. The van der Waals surface area contributed by atoms with E-state index in [0.717, 1.165) is 4.47 Å². The summed E-state index contributed by atoms with van der Waals surface area (Å²) in [5.41, 5.74) is 0.363. The maximum absolute atomic E-state index is 14.1. The standard InChI is InChI=1S/C17H9BrFNO3/c18-8-5-6-12-10(7-8)15(21)13-14(20-17(22)16(13)23-12)9-3-1-2-4-11(9)19/h1-7,14H,(H,20,22). The summed E-state index contributed by atoms with van der Waals surface area (Å²) in [6.07, 6.45) is 0. The Bertz CT molecular complexity index is 1030. The molecular formula is C17H9BrFNO3. The van der Waals surface area contributed by atoms with Gasteiger partial charge in [0.05, 0.1) is 17.0 Å². The van der Waals surface area contributed by atoms with Crippen molar-refractivity contribution in [2.24, 2.45) is 0 Å². The molecular weight excluding hydrogens is 365 g/mol. The molecule has 3 aromatic rings. The van der Waals surface area contributed by atoms with Gasteiger partial charge in [-0.2, -0.15) is 0 Å². The Kier molecular flexibility index (Phi) is 3.09. The Hall–Kier alpha value is -2.47. The van der Waals surface area contributed by atoms with Crippen molar-refractivity contribution >= 4 is 32.8 Å². The van der Waals surface area contributed by atoms with Gasteiger partial charge in [-0.15, -0.1) is 0 Å². The van der Waals surface area contributed by atoms with E-state index in [-0.39, 0.29) is 22.3 Å². The van der Waals surface area contributed by atoms with Crippen LogP contribution >= 0.6 is 15.9 Å². The van der Waals surface area contributed by atoms with Crippen LogP contribution in [0.2, 0.25) is 0 Å². The number of benzene rings is 2. The summed E-state index contributed by atoms with van der Waals surface area (Å²) in [5, 5.41) is 2.97.